The number of hydrogen-bond donors (Lipinski definition) is 1. The van der Waals surface area contributed by atoms with Crippen molar-refractivity contribution in [3.05, 3.63) is 30.1 Å². The molecule has 2 fully saturated rings. The summed E-state index contributed by atoms with van der Waals surface area (Å²) in [5, 5.41) is 9.60. The first kappa shape index (κ1) is 19.1. The molecule has 0 spiro atoms. The van der Waals surface area contributed by atoms with Crippen molar-refractivity contribution in [2.45, 2.75) is 18.8 Å². The molecular weight excluding hydrogens is 348 g/mol. The number of aromatic nitrogens is 1. The fourth-order valence-electron chi connectivity index (χ4n) is 4.03. The molecule has 8 heteroatoms. The van der Waals surface area contributed by atoms with Crippen LogP contribution in [-0.2, 0) is 9.59 Å². The molecule has 2 saturated heterocycles. The van der Waals surface area contributed by atoms with Crippen molar-refractivity contribution >= 4 is 17.9 Å². The highest BCUT2D eigenvalue weighted by atomic mass is 16.4. The van der Waals surface area contributed by atoms with E-state index in [2.05, 4.69) is 4.98 Å². The first-order valence-corrected chi connectivity index (χ1v) is 9.26. The van der Waals surface area contributed by atoms with Gasteiger partial charge in [0.05, 0.1) is 5.92 Å². The average molecular weight is 374 g/mol. The highest BCUT2D eigenvalue weighted by Crippen LogP contribution is 2.34. The predicted molar refractivity (Wildman–Crippen MR) is 98.1 cm³/mol. The summed E-state index contributed by atoms with van der Waals surface area (Å²) in [6.45, 7) is 1.73. The van der Waals surface area contributed by atoms with Crippen LogP contribution in [0.25, 0.3) is 0 Å². The van der Waals surface area contributed by atoms with Gasteiger partial charge in [-0.2, -0.15) is 0 Å². The summed E-state index contributed by atoms with van der Waals surface area (Å²) >= 11 is 0. The number of carboxylic acid groups (broad SMARTS) is 1. The van der Waals surface area contributed by atoms with Crippen molar-refractivity contribution in [1.82, 2.24) is 19.7 Å². The van der Waals surface area contributed by atoms with Crippen LogP contribution in [0.5, 0.6) is 0 Å². The lowest BCUT2D eigenvalue weighted by Gasteiger charge is -2.34. The van der Waals surface area contributed by atoms with Gasteiger partial charge in [0.1, 0.15) is 0 Å². The second kappa shape index (κ2) is 7.94. The number of pyridine rings is 1. The van der Waals surface area contributed by atoms with Gasteiger partial charge in [0.25, 0.3) is 0 Å². The minimum absolute atomic E-state index is 0.00425. The summed E-state index contributed by atoms with van der Waals surface area (Å²) in [5.41, 5.74) is 0.853. The Morgan fingerprint density at radius 1 is 1.15 bits per heavy atom. The zero-order valence-electron chi connectivity index (χ0n) is 15.7. The summed E-state index contributed by atoms with van der Waals surface area (Å²) < 4.78 is 0. The van der Waals surface area contributed by atoms with E-state index in [1.54, 1.807) is 47.3 Å². The van der Waals surface area contributed by atoms with Gasteiger partial charge in [-0.1, -0.05) is 6.07 Å². The normalized spacial score (nSPS) is 23.3. The number of hydrogen-bond acceptors (Lipinski definition) is 4. The largest absolute Gasteiger partial charge is 0.481 e. The quantitative estimate of drug-likeness (QED) is 0.855. The number of likely N-dealkylation sites (tertiary alicyclic amines) is 2. The van der Waals surface area contributed by atoms with Gasteiger partial charge in [-0.05, 0) is 24.5 Å². The highest BCUT2D eigenvalue weighted by Gasteiger charge is 2.42. The van der Waals surface area contributed by atoms with Crippen LogP contribution in [0.1, 0.15) is 24.3 Å². The number of nitrogens with zero attached hydrogens (tertiary/aromatic N) is 4. The molecule has 0 radical (unpaired) electrons. The Morgan fingerprint density at radius 3 is 2.41 bits per heavy atom. The van der Waals surface area contributed by atoms with E-state index < -0.39 is 11.9 Å². The molecule has 2 atom stereocenters. The van der Waals surface area contributed by atoms with E-state index in [1.165, 1.54) is 0 Å². The zero-order chi connectivity index (χ0) is 19.6. The monoisotopic (exact) mass is 374 g/mol. The van der Waals surface area contributed by atoms with Gasteiger partial charge in [-0.25, -0.2) is 4.79 Å². The summed E-state index contributed by atoms with van der Waals surface area (Å²) in [4.78, 5) is 45.8. The van der Waals surface area contributed by atoms with Gasteiger partial charge in [0, 0.05) is 64.5 Å². The minimum Gasteiger partial charge on any atom is -0.481 e. The van der Waals surface area contributed by atoms with E-state index in [4.69, 9.17) is 0 Å². The lowest BCUT2D eigenvalue weighted by Crippen LogP contribution is -2.47. The molecule has 8 nitrogen and oxygen atoms in total. The van der Waals surface area contributed by atoms with Crippen molar-refractivity contribution in [3.8, 4) is 0 Å². The topological polar surface area (TPSA) is 94.1 Å². The molecule has 0 bridgehead atoms. The zero-order valence-corrected chi connectivity index (χ0v) is 15.7. The van der Waals surface area contributed by atoms with E-state index >= 15 is 0 Å². The standard InChI is InChI=1S/C19H26N4O4/c1-21(2)19(27)22-8-5-13(6-9-22)17(24)23-11-15(16(12-23)18(25)26)14-4-3-7-20-10-14/h3-4,7,10,13,15-16H,5-6,8-9,11-12H2,1-2H3,(H,25,26)/t15-,16+/m1/s1. The Kier molecular flexibility index (Phi) is 5.62. The molecule has 3 amide bonds. The molecule has 0 aromatic carbocycles. The highest BCUT2D eigenvalue weighted by molar-refractivity contribution is 5.82. The molecule has 3 heterocycles. The van der Waals surface area contributed by atoms with Gasteiger partial charge in [0.15, 0.2) is 0 Å². The van der Waals surface area contributed by atoms with Crippen molar-refractivity contribution in [2.75, 3.05) is 40.3 Å². The smallest absolute Gasteiger partial charge is 0.319 e. The van der Waals surface area contributed by atoms with Crippen LogP contribution in [0.3, 0.4) is 0 Å². The summed E-state index contributed by atoms with van der Waals surface area (Å²) in [5.74, 6) is -1.89. The fourth-order valence-corrected chi connectivity index (χ4v) is 4.03. The Balaban J connectivity index is 1.64. The van der Waals surface area contributed by atoms with Gasteiger partial charge >= 0.3 is 12.0 Å². The third-order valence-corrected chi connectivity index (χ3v) is 5.56. The summed E-state index contributed by atoms with van der Waals surface area (Å²) in [6, 6.07) is 3.62. The van der Waals surface area contributed by atoms with Crippen LogP contribution < -0.4 is 0 Å². The third kappa shape index (κ3) is 4.04. The Bertz CT molecular complexity index is 701. The second-order valence-electron chi connectivity index (χ2n) is 7.52. The maximum atomic E-state index is 13.0. The molecule has 2 aliphatic rings. The van der Waals surface area contributed by atoms with Gasteiger partial charge in [-0.3, -0.25) is 14.6 Å². The summed E-state index contributed by atoms with van der Waals surface area (Å²) in [7, 11) is 3.43. The van der Waals surface area contributed by atoms with Gasteiger partial charge in [0.2, 0.25) is 5.91 Å². The van der Waals surface area contributed by atoms with Crippen LogP contribution in [0.4, 0.5) is 4.79 Å². The van der Waals surface area contributed by atoms with Crippen molar-refractivity contribution in [2.24, 2.45) is 11.8 Å². The van der Waals surface area contributed by atoms with Crippen molar-refractivity contribution in [1.29, 1.82) is 0 Å². The number of rotatable bonds is 3. The average Bonchev–Trinajstić information content (AvgIpc) is 3.13. The first-order chi connectivity index (χ1) is 12.9. The molecule has 1 aromatic heterocycles. The minimum atomic E-state index is -0.884. The van der Waals surface area contributed by atoms with E-state index in [9.17, 15) is 19.5 Å². The number of urea groups is 1. The third-order valence-electron chi connectivity index (χ3n) is 5.56. The van der Waals surface area contributed by atoms with Crippen molar-refractivity contribution in [3.63, 3.8) is 0 Å². The van der Waals surface area contributed by atoms with Crippen LogP contribution in [-0.4, -0.2) is 83.0 Å². The molecular formula is C19H26N4O4. The van der Waals surface area contributed by atoms with Gasteiger partial charge < -0.3 is 19.8 Å². The number of carboxylic acids is 1. The van der Waals surface area contributed by atoms with E-state index in [-0.39, 0.29) is 30.3 Å². The predicted octanol–water partition coefficient (Wildman–Crippen LogP) is 1.10. The number of aliphatic carboxylic acids is 1. The lowest BCUT2D eigenvalue weighted by molar-refractivity contribution is -0.142. The van der Waals surface area contributed by atoms with Crippen LogP contribution in [0.15, 0.2) is 24.5 Å². The maximum Gasteiger partial charge on any atom is 0.319 e. The maximum absolute atomic E-state index is 13.0. The van der Waals surface area contributed by atoms with Gasteiger partial charge in [-0.15, -0.1) is 0 Å². The molecule has 0 saturated carbocycles. The fraction of sp³-hybridized carbons (Fsp3) is 0.579. The molecule has 3 rings (SSSR count). The molecule has 1 aromatic rings. The molecule has 2 aliphatic heterocycles. The molecule has 0 aliphatic carbocycles. The van der Waals surface area contributed by atoms with Crippen LogP contribution in [0.2, 0.25) is 0 Å². The number of carbonyl (C=O) groups excluding carboxylic acids is 2. The lowest BCUT2D eigenvalue weighted by atomic mass is 9.90. The second-order valence-corrected chi connectivity index (χ2v) is 7.52. The van der Waals surface area contributed by atoms with Crippen LogP contribution in [0, 0.1) is 11.8 Å². The van der Waals surface area contributed by atoms with E-state index in [0.717, 1.165) is 5.56 Å². The molecule has 146 valence electrons. The first-order valence-electron chi connectivity index (χ1n) is 9.26. The SMILES string of the molecule is CN(C)C(=O)N1CCC(C(=O)N2C[C@H](C(=O)O)[C@@H](c3cccnc3)C2)CC1. The van der Waals surface area contributed by atoms with E-state index in [1.807, 2.05) is 6.07 Å². The molecule has 1 N–H and O–H groups in total. The Labute approximate surface area is 158 Å². The Hall–Kier alpha value is -2.64. The van der Waals surface area contributed by atoms with Crippen molar-refractivity contribution < 1.29 is 19.5 Å². The van der Waals surface area contributed by atoms with E-state index in [0.29, 0.717) is 32.5 Å². The number of piperidine rings is 1. The number of amides is 3. The Morgan fingerprint density at radius 2 is 1.85 bits per heavy atom. The molecule has 27 heavy (non-hydrogen) atoms. The summed E-state index contributed by atoms with van der Waals surface area (Å²) in [6.07, 6.45) is 4.56. The molecule has 0 unspecified atom stereocenters. The number of carbonyl (C=O) groups is 3. The van der Waals surface area contributed by atoms with Crippen LogP contribution >= 0.6 is 0 Å².